The zero-order chi connectivity index (χ0) is 42.7. The van der Waals surface area contributed by atoms with Crippen molar-refractivity contribution in [2.24, 2.45) is 5.92 Å². The summed E-state index contributed by atoms with van der Waals surface area (Å²) >= 11 is 0. The van der Waals surface area contributed by atoms with Gasteiger partial charge in [-0.2, -0.15) is 0 Å². The van der Waals surface area contributed by atoms with Crippen LogP contribution in [0.2, 0.25) is 0 Å². The van der Waals surface area contributed by atoms with E-state index >= 15 is 0 Å². The minimum Gasteiger partial charge on any atom is -0.465 e. The summed E-state index contributed by atoms with van der Waals surface area (Å²) < 4.78 is 16.8. The molecule has 1 fully saturated rings. The Morgan fingerprint density at radius 2 is 0.746 bits per heavy atom. The Morgan fingerprint density at radius 3 is 1.10 bits per heavy atom. The topological polar surface area (TPSA) is 106 Å². The SMILES string of the molecule is CCCCCCCC/C=C\CCCCCCCC(=O)OCC(COC(=O)CCCCCCC/C=C\CCCCCCCC)COC(=O)CCCN1CCN(CCO)CC1. The molecule has 0 aromatic carbocycles. The van der Waals surface area contributed by atoms with Gasteiger partial charge in [0.2, 0.25) is 0 Å². The van der Waals surface area contributed by atoms with E-state index in [1.165, 1.54) is 116 Å². The molecule has 0 unspecified atom stereocenters. The van der Waals surface area contributed by atoms with Gasteiger partial charge in [-0.1, -0.05) is 141 Å². The van der Waals surface area contributed by atoms with Gasteiger partial charge in [-0.15, -0.1) is 0 Å². The molecule has 1 aliphatic rings. The summed E-state index contributed by atoms with van der Waals surface area (Å²) in [4.78, 5) is 42.4. The van der Waals surface area contributed by atoms with Crippen molar-refractivity contribution in [2.45, 2.75) is 206 Å². The van der Waals surface area contributed by atoms with Crippen LogP contribution in [0.15, 0.2) is 24.3 Å². The van der Waals surface area contributed by atoms with Crippen LogP contribution in [0.25, 0.3) is 0 Å². The summed E-state index contributed by atoms with van der Waals surface area (Å²) in [7, 11) is 0. The first-order chi connectivity index (χ1) is 29.0. The monoisotopic (exact) mass is 833 g/mol. The summed E-state index contributed by atoms with van der Waals surface area (Å²) in [5, 5.41) is 9.17. The minimum atomic E-state index is -0.394. The molecule has 0 bridgehead atoms. The maximum absolute atomic E-state index is 12.6. The molecular formula is C50H92N2O7. The van der Waals surface area contributed by atoms with Crippen LogP contribution in [0, 0.1) is 5.92 Å². The normalized spacial score (nSPS) is 13.9. The van der Waals surface area contributed by atoms with E-state index in [4.69, 9.17) is 19.3 Å². The third kappa shape index (κ3) is 37.3. The predicted molar refractivity (Wildman–Crippen MR) is 244 cm³/mol. The molecule has 0 amide bonds. The van der Waals surface area contributed by atoms with Gasteiger partial charge in [0.25, 0.3) is 0 Å². The number of allylic oxidation sites excluding steroid dienone is 4. The molecule has 0 aromatic rings. The molecule has 9 nitrogen and oxygen atoms in total. The average Bonchev–Trinajstić information content (AvgIpc) is 3.24. The molecular weight excluding hydrogens is 741 g/mol. The molecule has 0 saturated carbocycles. The highest BCUT2D eigenvalue weighted by molar-refractivity contribution is 5.70. The molecule has 344 valence electrons. The lowest BCUT2D eigenvalue weighted by Gasteiger charge is -2.34. The third-order valence-electron chi connectivity index (χ3n) is 11.5. The van der Waals surface area contributed by atoms with E-state index in [0.29, 0.717) is 32.2 Å². The predicted octanol–water partition coefficient (Wildman–Crippen LogP) is 11.7. The first-order valence-electron chi connectivity index (χ1n) is 24.8. The van der Waals surface area contributed by atoms with Crippen LogP contribution in [-0.2, 0) is 28.6 Å². The number of rotatable bonds is 42. The van der Waals surface area contributed by atoms with E-state index in [-0.39, 0.29) is 44.3 Å². The molecule has 0 radical (unpaired) electrons. The second-order valence-corrected chi connectivity index (χ2v) is 17.1. The molecule has 1 N–H and O–H groups in total. The molecule has 59 heavy (non-hydrogen) atoms. The van der Waals surface area contributed by atoms with Crippen molar-refractivity contribution in [1.82, 2.24) is 9.80 Å². The van der Waals surface area contributed by atoms with E-state index in [0.717, 1.165) is 84.1 Å². The lowest BCUT2D eigenvalue weighted by molar-refractivity contribution is -0.153. The van der Waals surface area contributed by atoms with Crippen molar-refractivity contribution in [2.75, 3.05) is 65.7 Å². The van der Waals surface area contributed by atoms with Gasteiger partial charge < -0.3 is 24.2 Å². The van der Waals surface area contributed by atoms with Crippen LogP contribution >= 0.6 is 0 Å². The van der Waals surface area contributed by atoms with Crippen molar-refractivity contribution in [3.8, 4) is 0 Å². The van der Waals surface area contributed by atoms with Gasteiger partial charge in [0.15, 0.2) is 0 Å². The molecule has 1 rings (SSSR count). The highest BCUT2D eigenvalue weighted by Crippen LogP contribution is 2.14. The highest BCUT2D eigenvalue weighted by atomic mass is 16.6. The quantitative estimate of drug-likeness (QED) is 0.0278. The molecule has 9 heteroatoms. The fraction of sp³-hybridized carbons (Fsp3) is 0.860. The van der Waals surface area contributed by atoms with Crippen molar-refractivity contribution in [1.29, 1.82) is 0 Å². The van der Waals surface area contributed by atoms with E-state index in [9.17, 15) is 14.4 Å². The van der Waals surface area contributed by atoms with Gasteiger partial charge in [0.05, 0.1) is 12.5 Å². The molecule has 0 aromatic heterocycles. The number of carbonyl (C=O) groups excluding carboxylic acids is 3. The van der Waals surface area contributed by atoms with Gasteiger partial charge in [-0.05, 0) is 77.2 Å². The lowest BCUT2D eigenvalue weighted by atomic mass is 10.1. The van der Waals surface area contributed by atoms with Gasteiger partial charge in [-0.3, -0.25) is 19.3 Å². The number of piperazine rings is 1. The average molecular weight is 833 g/mol. The number of aliphatic hydroxyl groups excluding tert-OH is 1. The van der Waals surface area contributed by atoms with E-state index in [1.807, 2.05) is 0 Å². The number of hydrogen-bond donors (Lipinski definition) is 1. The fourth-order valence-electron chi connectivity index (χ4n) is 7.50. The van der Waals surface area contributed by atoms with Crippen LogP contribution in [-0.4, -0.2) is 98.5 Å². The van der Waals surface area contributed by atoms with E-state index in [2.05, 4.69) is 48.0 Å². The zero-order valence-corrected chi connectivity index (χ0v) is 38.5. The lowest BCUT2D eigenvalue weighted by Crippen LogP contribution is -2.47. The number of β-amino-alcohol motifs (C(OH)–C–C–N with tert-alkyl or cyclic N) is 1. The second-order valence-electron chi connectivity index (χ2n) is 17.1. The van der Waals surface area contributed by atoms with E-state index in [1.54, 1.807) is 0 Å². The third-order valence-corrected chi connectivity index (χ3v) is 11.5. The highest BCUT2D eigenvalue weighted by Gasteiger charge is 2.19. The number of hydrogen-bond acceptors (Lipinski definition) is 9. The number of ether oxygens (including phenoxy) is 3. The summed E-state index contributed by atoms with van der Waals surface area (Å²) in [6, 6.07) is 0. The first-order valence-corrected chi connectivity index (χ1v) is 24.8. The Morgan fingerprint density at radius 1 is 0.441 bits per heavy atom. The van der Waals surface area contributed by atoms with E-state index < -0.39 is 5.92 Å². The van der Waals surface area contributed by atoms with Crippen LogP contribution < -0.4 is 0 Å². The molecule has 0 aliphatic carbocycles. The van der Waals surface area contributed by atoms with Crippen LogP contribution in [0.4, 0.5) is 0 Å². The largest absolute Gasteiger partial charge is 0.465 e. The maximum atomic E-state index is 12.6. The number of carbonyl (C=O) groups is 3. The summed E-state index contributed by atoms with van der Waals surface area (Å²) in [6.45, 7) is 10.1. The van der Waals surface area contributed by atoms with Crippen LogP contribution in [0.1, 0.15) is 206 Å². The van der Waals surface area contributed by atoms with Crippen molar-refractivity contribution in [3.05, 3.63) is 24.3 Å². The Kier molecular flexibility index (Phi) is 39.4. The van der Waals surface area contributed by atoms with Crippen molar-refractivity contribution in [3.63, 3.8) is 0 Å². The number of nitrogens with zero attached hydrogens (tertiary/aromatic N) is 2. The summed E-state index contributed by atoms with van der Waals surface area (Å²) in [6.07, 6.45) is 42.5. The Bertz CT molecular complexity index is 971. The van der Waals surface area contributed by atoms with Gasteiger partial charge >= 0.3 is 17.9 Å². The molecule has 1 saturated heterocycles. The molecule has 1 heterocycles. The number of unbranched alkanes of at least 4 members (excludes halogenated alkanes) is 22. The number of esters is 3. The van der Waals surface area contributed by atoms with Gasteiger partial charge in [-0.25, -0.2) is 0 Å². The summed E-state index contributed by atoms with van der Waals surface area (Å²) in [5.41, 5.74) is 0. The van der Waals surface area contributed by atoms with Crippen LogP contribution in [0.3, 0.4) is 0 Å². The molecule has 1 aliphatic heterocycles. The fourth-order valence-corrected chi connectivity index (χ4v) is 7.50. The van der Waals surface area contributed by atoms with Gasteiger partial charge in [0, 0.05) is 52.0 Å². The Hall–Kier alpha value is -2.23. The standard InChI is InChI=1S/C50H92N2O7/c1-3-5-7-9-11-13-15-17-19-21-23-25-27-29-31-34-48(54)57-44-47(46-59-50(56)36-33-37-51-38-40-52(41-39-51)42-43-53)45-58-49(55)35-32-30-28-26-24-22-20-18-16-14-12-10-8-6-4-2/h17-20,47,53H,3-16,21-46H2,1-2H3/b19-17-,20-18-. The molecule has 0 atom stereocenters. The van der Waals surface area contributed by atoms with Gasteiger partial charge in [0.1, 0.15) is 19.8 Å². The molecule has 0 spiro atoms. The minimum absolute atomic E-state index is 0.0556. The summed E-state index contributed by atoms with van der Waals surface area (Å²) in [5.74, 6) is -1.18. The maximum Gasteiger partial charge on any atom is 0.305 e. The number of aliphatic hydroxyl groups is 1. The zero-order valence-electron chi connectivity index (χ0n) is 38.5. The second kappa shape index (κ2) is 42.5. The van der Waals surface area contributed by atoms with Crippen molar-refractivity contribution < 1.29 is 33.7 Å². The Balaban J connectivity index is 2.29. The smallest absolute Gasteiger partial charge is 0.305 e. The Labute approximate surface area is 362 Å². The first kappa shape index (κ1) is 54.8. The van der Waals surface area contributed by atoms with Crippen LogP contribution in [0.5, 0.6) is 0 Å². The van der Waals surface area contributed by atoms with Crippen molar-refractivity contribution >= 4 is 17.9 Å².